The van der Waals surface area contributed by atoms with Crippen LogP contribution >= 0.6 is 11.8 Å². The minimum Gasteiger partial charge on any atom is -0.480 e. The SMILES string of the molecule is CCCSCC(NC(=O)CCC(N)C(=O)O)C(=O)NCC(=O)O. The lowest BCUT2D eigenvalue weighted by Gasteiger charge is -2.18. The third-order valence-corrected chi connectivity index (χ3v) is 3.96. The zero-order chi connectivity index (χ0) is 17.8. The van der Waals surface area contributed by atoms with E-state index in [-0.39, 0.29) is 12.8 Å². The highest BCUT2D eigenvalue weighted by Crippen LogP contribution is 2.06. The monoisotopic (exact) mass is 349 g/mol. The molecule has 0 radical (unpaired) electrons. The summed E-state index contributed by atoms with van der Waals surface area (Å²) in [6, 6.07) is -2.02. The fourth-order valence-electron chi connectivity index (χ4n) is 1.49. The summed E-state index contributed by atoms with van der Waals surface area (Å²) >= 11 is 1.45. The normalized spacial score (nSPS) is 13.0. The van der Waals surface area contributed by atoms with E-state index in [0.717, 1.165) is 12.2 Å². The number of nitrogens with one attached hydrogen (secondary N) is 2. The molecule has 132 valence electrons. The van der Waals surface area contributed by atoms with Crippen LogP contribution < -0.4 is 16.4 Å². The minimum absolute atomic E-state index is 0.0489. The minimum atomic E-state index is -1.20. The van der Waals surface area contributed by atoms with Gasteiger partial charge in [0.25, 0.3) is 0 Å². The van der Waals surface area contributed by atoms with Gasteiger partial charge in [-0.15, -0.1) is 0 Å². The fraction of sp³-hybridized carbons (Fsp3) is 0.692. The number of carboxylic acid groups (broad SMARTS) is 2. The van der Waals surface area contributed by atoms with Crippen LogP contribution in [0.4, 0.5) is 0 Å². The smallest absolute Gasteiger partial charge is 0.322 e. The molecular formula is C13H23N3O6S. The van der Waals surface area contributed by atoms with E-state index >= 15 is 0 Å². The highest BCUT2D eigenvalue weighted by Gasteiger charge is 2.22. The van der Waals surface area contributed by atoms with E-state index in [2.05, 4.69) is 10.6 Å². The summed E-state index contributed by atoms with van der Waals surface area (Å²) in [4.78, 5) is 44.8. The van der Waals surface area contributed by atoms with Gasteiger partial charge in [-0.1, -0.05) is 6.92 Å². The highest BCUT2D eigenvalue weighted by molar-refractivity contribution is 7.99. The first-order valence-corrected chi connectivity index (χ1v) is 8.28. The van der Waals surface area contributed by atoms with E-state index in [0.29, 0.717) is 5.75 Å². The quantitative estimate of drug-likeness (QED) is 0.281. The van der Waals surface area contributed by atoms with Gasteiger partial charge in [0, 0.05) is 12.2 Å². The molecule has 0 saturated heterocycles. The number of carbonyl (C=O) groups excluding carboxylic acids is 2. The number of hydrogen-bond donors (Lipinski definition) is 5. The van der Waals surface area contributed by atoms with E-state index < -0.39 is 42.4 Å². The maximum atomic E-state index is 11.9. The molecule has 0 aromatic rings. The standard InChI is InChI=1S/C13H23N3O6S/c1-2-5-23-7-9(12(20)15-6-11(18)19)16-10(17)4-3-8(14)13(21)22/h8-9H,2-7,14H2,1H3,(H,15,20)(H,16,17)(H,18,19)(H,21,22). The summed E-state index contributed by atoms with van der Waals surface area (Å²) in [5, 5.41) is 21.9. The number of thioether (sulfide) groups is 1. The molecule has 0 spiro atoms. The topological polar surface area (TPSA) is 159 Å². The van der Waals surface area contributed by atoms with Crippen LogP contribution in [0.1, 0.15) is 26.2 Å². The summed E-state index contributed by atoms with van der Waals surface area (Å²) < 4.78 is 0. The number of carbonyl (C=O) groups is 4. The van der Waals surface area contributed by atoms with E-state index in [1.807, 2.05) is 6.92 Å². The molecule has 0 heterocycles. The maximum absolute atomic E-state index is 11.9. The Kier molecular flexibility index (Phi) is 10.8. The van der Waals surface area contributed by atoms with Crippen LogP contribution in [-0.4, -0.2) is 64.1 Å². The van der Waals surface area contributed by atoms with Crippen molar-refractivity contribution in [1.29, 1.82) is 0 Å². The van der Waals surface area contributed by atoms with Crippen LogP contribution in [-0.2, 0) is 19.2 Å². The molecular weight excluding hydrogens is 326 g/mol. The second-order valence-electron chi connectivity index (χ2n) is 4.79. The molecule has 9 nitrogen and oxygen atoms in total. The Hall–Kier alpha value is -1.81. The average molecular weight is 349 g/mol. The molecule has 2 amide bonds. The van der Waals surface area contributed by atoms with Crippen LogP contribution in [0.25, 0.3) is 0 Å². The fourth-order valence-corrected chi connectivity index (χ4v) is 2.42. The summed E-state index contributed by atoms with van der Waals surface area (Å²) in [6.45, 7) is 1.44. The van der Waals surface area contributed by atoms with Crippen LogP contribution in [0.3, 0.4) is 0 Å². The first-order chi connectivity index (χ1) is 10.8. The molecule has 2 atom stereocenters. The molecule has 0 aromatic heterocycles. The zero-order valence-corrected chi connectivity index (χ0v) is 13.7. The molecule has 2 unspecified atom stereocenters. The highest BCUT2D eigenvalue weighted by atomic mass is 32.2. The Bertz CT molecular complexity index is 432. The van der Waals surface area contributed by atoms with Crippen molar-refractivity contribution in [2.45, 2.75) is 38.3 Å². The molecule has 23 heavy (non-hydrogen) atoms. The van der Waals surface area contributed by atoms with E-state index in [4.69, 9.17) is 15.9 Å². The predicted octanol–water partition coefficient (Wildman–Crippen LogP) is -0.993. The summed E-state index contributed by atoms with van der Waals surface area (Å²) in [7, 11) is 0. The van der Waals surface area contributed by atoms with Gasteiger partial charge in [0.1, 0.15) is 18.6 Å². The third-order valence-electron chi connectivity index (χ3n) is 2.70. The van der Waals surface area contributed by atoms with Crippen molar-refractivity contribution in [2.75, 3.05) is 18.1 Å². The number of rotatable bonds is 12. The Morgan fingerprint density at radius 2 is 1.87 bits per heavy atom. The molecule has 0 saturated carbocycles. The van der Waals surface area contributed by atoms with Crippen molar-refractivity contribution in [2.24, 2.45) is 5.73 Å². The molecule has 0 aliphatic heterocycles. The first kappa shape index (κ1) is 21.2. The largest absolute Gasteiger partial charge is 0.480 e. The number of hydrogen-bond acceptors (Lipinski definition) is 6. The average Bonchev–Trinajstić information content (AvgIpc) is 2.49. The van der Waals surface area contributed by atoms with Gasteiger partial charge in [-0.3, -0.25) is 19.2 Å². The number of amides is 2. The van der Waals surface area contributed by atoms with Gasteiger partial charge in [-0.25, -0.2) is 0 Å². The van der Waals surface area contributed by atoms with Crippen LogP contribution in [0, 0.1) is 0 Å². The lowest BCUT2D eigenvalue weighted by Crippen LogP contribution is -2.49. The lowest BCUT2D eigenvalue weighted by atomic mass is 10.1. The molecule has 0 rings (SSSR count). The van der Waals surface area contributed by atoms with Crippen molar-refractivity contribution in [1.82, 2.24) is 10.6 Å². The predicted molar refractivity (Wildman–Crippen MR) is 85.0 cm³/mol. The van der Waals surface area contributed by atoms with Gasteiger partial charge < -0.3 is 26.6 Å². The van der Waals surface area contributed by atoms with Crippen molar-refractivity contribution >= 4 is 35.5 Å². The van der Waals surface area contributed by atoms with Crippen LogP contribution in [0.15, 0.2) is 0 Å². The van der Waals surface area contributed by atoms with Crippen molar-refractivity contribution in [3.8, 4) is 0 Å². The summed E-state index contributed by atoms with van der Waals surface area (Å²) in [5.74, 6) is -2.39. The number of aliphatic carboxylic acids is 2. The van der Waals surface area contributed by atoms with Crippen molar-refractivity contribution < 1.29 is 29.4 Å². The Labute approximate surface area is 138 Å². The lowest BCUT2D eigenvalue weighted by molar-refractivity contribution is -0.139. The van der Waals surface area contributed by atoms with Gasteiger partial charge >= 0.3 is 11.9 Å². The van der Waals surface area contributed by atoms with Gasteiger partial charge in [0.15, 0.2) is 0 Å². The second kappa shape index (κ2) is 11.7. The molecule has 0 aliphatic carbocycles. The first-order valence-electron chi connectivity index (χ1n) is 7.12. The molecule has 0 aliphatic rings. The van der Waals surface area contributed by atoms with Crippen molar-refractivity contribution in [3.05, 3.63) is 0 Å². The molecule has 10 heteroatoms. The number of carboxylic acids is 2. The van der Waals surface area contributed by atoms with Gasteiger partial charge in [0.2, 0.25) is 11.8 Å². The summed E-state index contributed by atoms with van der Waals surface area (Å²) in [5.41, 5.74) is 5.31. The molecule has 0 bridgehead atoms. The Balaban J connectivity index is 4.48. The van der Waals surface area contributed by atoms with E-state index in [1.165, 1.54) is 11.8 Å². The van der Waals surface area contributed by atoms with Gasteiger partial charge in [-0.2, -0.15) is 11.8 Å². The number of nitrogens with two attached hydrogens (primary N) is 1. The maximum Gasteiger partial charge on any atom is 0.322 e. The van der Waals surface area contributed by atoms with Crippen LogP contribution in [0.2, 0.25) is 0 Å². The molecule has 6 N–H and O–H groups in total. The van der Waals surface area contributed by atoms with Crippen molar-refractivity contribution in [3.63, 3.8) is 0 Å². The van der Waals surface area contributed by atoms with Gasteiger partial charge in [0.05, 0.1) is 0 Å². The van der Waals surface area contributed by atoms with E-state index in [9.17, 15) is 19.2 Å². The molecule has 0 aromatic carbocycles. The second-order valence-corrected chi connectivity index (χ2v) is 5.94. The summed E-state index contributed by atoms with van der Waals surface area (Å²) in [6.07, 6.45) is 0.719. The molecule has 0 fully saturated rings. The Morgan fingerprint density at radius 3 is 2.39 bits per heavy atom. The van der Waals surface area contributed by atoms with E-state index in [1.54, 1.807) is 0 Å². The third kappa shape index (κ3) is 10.5. The zero-order valence-electron chi connectivity index (χ0n) is 12.9. The Morgan fingerprint density at radius 1 is 1.22 bits per heavy atom. The van der Waals surface area contributed by atoms with Crippen LogP contribution in [0.5, 0.6) is 0 Å². The van der Waals surface area contributed by atoms with Gasteiger partial charge in [-0.05, 0) is 18.6 Å².